The summed E-state index contributed by atoms with van der Waals surface area (Å²) in [4.78, 5) is 18.2. The maximum absolute atomic E-state index is 11.4. The Morgan fingerprint density at radius 2 is 2.20 bits per heavy atom. The van der Waals surface area contributed by atoms with E-state index in [1.54, 1.807) is 6.92 Å². The molecule has 0 amide bonds. The van der Waals surface area contributed by atoms with E-state index in [2.05, 4.69) is 15.0 Å². The Bertz CT molecular complexity index is 442. The monoisotopic (exact) mass is 279 g/mol. The van der Waals surface area contributed by atoms with Crippen LogP contribution in [0.15, 0.2) is 4.52 Å². The Morgan fingerprint density at radius 1 is 1.40 bits per heavy atom. The van der Waals surface area contributed by atoms with Gasteiger partial charge in [0.05, 0.1) is 6.54 Å². The second kappa shape index (κ2) is 6.97. The van der Waals surface area contributed by atoms with Crippen molar-refractivity contribution in [3.63, 3.8) is 0 Å². The summed E-state index contributed by atoms with van der Waals surface area (Å²) in [5.74, 6) is 1.95. The smallest absolute Gasteiger partial charge is 0.229 e. The standard InChI is InChI=1S/C15H25N3O2/c1-11(2)15-16-14(17-20-15)10-18-8-6-4-5-7-13(18)9-12(3)19/h11,13H,4-10H2,1-3H3. The molecule has 1 aliphatic heterocycles. The number of ketones is 1. The number of hydrogen-bond acceptors (Lipinski definition) is 5. The van der Waals surface area contributed by atoms with E-state index < -0.39 is 0 Å². The summed E-state index contributed by atoms with van der Waals surface area (Å²) >= 11 is 0. The number of nitrogens with zero attached hydrogens (tertiary/aromatic N) is 3. The van der Waals surface area contributed by atoms with Crippen LogP contribution in [-0.2, 0) is 11.3 Å². The molecule has 0 radical (unpaired) electrons. The second-order valence-electron chi connectivity index (χ2n) is 6.08. The molecule has 0 aliphatic carbocycles. The first kappa shape index (κ1) is 15.2. The van der Waals surface area contributed by atoms with Crippen molar-refractivity contribution >= 4 is 5.78 Å². The lowest BCUT2D eigenvalue weighted by atomic mass is 10.0. The van der Waals surface area contributed by atoms with Crippen molar-refractivity contribution in [2.24, 2.45) is 0 Å². The van der Waals surface area contributed by atoms with Crippen molar-refractivity contribution in [2.75, 3.05) is 6.54 Å². The first-order chi connectivity index (χ1) is 9.56. The van der Waals surface area contributed by atoms with Gasteiger partial charge in [-0.15, -0.1) is 0 Å². The van der Waals surface area contributed by atoms with Crippen LogP contribution in [0.3, 0.4) is 0 Å². The highest BCUT2D eigenvalue weighted by Crippen LogP contribution is 2.21. The van der Waals surface area contributed by atoms with Gasteiger partial charge in [-0.05, 0) is 26.3 Å². The number of carbonyl (C=O) groups excluding carboxylic acids is 1. The van der Waals surface area contributed by atoms with Gasteiger partial charge < -0.3 is 4.52 Å². The second-order valence-corrected chi connectivity index (χ2v) is 6.08. The van der Waals surface area contributed by atoms with Crippen LogP contribution in [0.4, 0.5) is 0 Å². The van der Waals surface area contributed by atoms with Crippen molar-refractivity contribution in [3.8, 4) is 0 Å². The van der Waals surface area contributed by atoms with Gasteiger partial charge in [-0.1, -0.05) is 31.8 Å². The molecule has 112 valence electrons. The highest BCUT2D eigenvalue weighted by molar-refractivity contribution is 5.76. The molecule has 0 spiro atoms. The molecule has 1 atom stereocenters. The Kier molecular flexibility index (Phi) is 5.29. The topological polar surface area (TPSA) is 59.2 Å². The zero-order valence-electron chi connectivity index (χ0n) is 12.8. The van der Waals surface area contributed by atoms with Crippen molar-refractivity contribution in [1.29, 1.82) is 0 Å². The molecule has 1 aromatic heterocycles. The number of likely N-dealkylation sites (tertiary alicyclic amines) is 1. The van der Waals surface area contributed by atoms with Crippen LogP contribution >= 0.6 is 0 Å². The zero-order chi connectivity index (χ0) is 14.5. The zero-order valence-corrected chi connectivity index (χ0v) is 12.8. The summed E-state index contributed by atoms with van der Waals surface area (Å²) in [6, 6.07) is 0.330. The number of aromatic nitrogens is 2. The first-order valence-electron chi connectivity index (χ1n) is 7.62. The van der Waals surface area contributed by atoms with E-state index in [-0.39, 0.29) is 11.7 Å². The van der Waals surface area contributed by atoms with Crippen molar-refractivity contribution < 1.29 is 9.32 Å². The van der Waals surface area contributed by atoms with E-state index in [4.69, 9.17) is 4.52 Å². The van der Waals surface area contributed by atoms with Gasteiger partial charge in [0.2, 0.25) is 5.89 Å². The fourth-order valence-electron chi connectivity index (χ4n) is 2.76. The van der Waals surface area contributed by atoms with Gasteiger partial charge in [0.1, 0.15) is 5.78 Å². The largest absolute Gasteiger partial charge is 0.339 e. The summed E-state index contributed by atoms with van der Waals surface area (Å²) in [5, 5.41) is 4.06. The molecule has 0 aromatic carbocycles. The van der Waals surface area contributed by atoms with E-state index in [0.29, 0.717) is 24.9 Å². The number of Topliss-reactive ketones (excluding diaryl/α,β-unsaturated/α-hetero) is 1. The van der Waals surface area contributed by atoms with Gasteiger partial charge in [0, 0.05) is 18.4 Å². The van der Waals surface area contributed by atoms with Gasteiger partial charge in [0.15, 0.2) is 5.82 Å². The van der Waals surface area contributed by atoms with Crippen LogP contribution in [0, 0.1) is 0 Å². The summed E-state index contributed by atoms with van der Waals surface area (Å²) in [6.07, 6.45) is 5.36. The first-order valence-corrected chi connectivity index (χ1v) is 7.62. The molecule has 0 bridgehead atoms. The summed E-state index contributed by atoms with van der Waals surface area (Å²) in [7, 11) is 0. The summed E-state index contributed by atoms with van der Waals surface area (Å²) < 4.78 is 5.26. The Balaban J connectivity index is 2.04. The molecule has 0 saturated carbocycles. The van der Waals surface area contributed by atoms with E-state index >= 15 is 0 Å². The third kappa shape index (κ3) is 4.13. The van der Waals surface area contributed by atoms with Crippen LogP contribution in [0.1, 0.15) is 70.5 Å². The molecule has 2 rings (SSSR count). The van der Waals surface area contributed by atoms with Gasteiger partial charge in [0.25, 0.3) is 0 Å². The van der Waals surface area contributed by atoms with Crippen LogP contribution < -0.4 is 0 Å². The van der Waals surface area contributed by atoms with Gasteiger partial charge >= 0.3 is 0 Å². The number of hydrogen-bond donors (Lipinski definition) is 0. The number of rotatable bonds is 5. The molecular weight excluding hydrogens is 254 g/mol. The lowest BCUT2D eigenvalue weighted by Gasteiger charge is -2.27. The Labute approximate surface area is 120 Å². The highest BCUT2D eigenvalue weighted by atomic mass is 16.5. The molecule has 1 aliphatic rings. The van der Waals surface area contributed by atoms with Crippen LogP contribution in [0.25, 0.3) is 0 Å². The predicted molar refractivity (Wildman–Crippen MR) is 76.4 cm³/mol. The van der Waals surface area contributed by atoms with E-state index in [1.165, 1.54) is 19.3 Å². The lowest BCUT2D eigenvalue weighted by Crippen LogP contribution is -2.36. The lowest BCUT2D eigenvalue weighted by molar-refractivity contribution is -0.118. The van der Waals surface area contributed by atoms with E-state index in [0.717, 1.165) is 18.8 Å². The maximum Gasteiger partial charge on any atom is 0.229 e. The minimum absolute atomic E-state index is 0.258. The Hall–Kier alpha value is -1.23. The number of carbonyl (C=O) groups is 1. The third-order valence-electron chi connectivity index (χ3n) is 3.84. The molecule has 2 heterocycles. The highest BCUT2D eigenvalue weighted by Gasteiger charge is 2.24. The molecular formula is C15H25N3O2. The average Bonchev–Trinajstić information content (AvgIpc) is 2.74. The minimum Gasteiger partial charge on any atom is -0.339 e. The van der Waals surface area contributed by atoms with Gasteiger partial charge in [-0.3, -0.25) is 9.69 Å². The Morgan fingerprint density at radius 3 is 2.85 bits per heavy atom. The fraction of sp³-hybridized carbons (Fsp3) is 0.800. The molecule has 20 heavy (non-hydrogen) atoms. The summed E-state index contributed by atoms with van der Waals surface area (Å²) in [6.45, 7) is 7.47. The van der Waals surface area contributed by atoms with Crippen molar-refractivity contribution in [1.82, 2.24) is 15.0 Å². The van der Waals surface area contributed by atoms with E-state index in [1.807, 2.05) is 13.8 Å². The SMILES string of the molecule is CC(=O)CC1CCCCCN1Cc1noc(C(C)C)n1. The maximum atomic E-state index is 11.4. The van der Waals surface area contributed by atoms with Gasteiger partial charge in [-0.2, -0.15) is 4.98 Å². The minimum atomic E-state index is 0.258. The molecule has 5 nitrogen and oxygen atoms in total. The normalized spacial score (nSPS) is 21.1. The quantitative estimate of drug-likeness (QED) is 0.829. The predicted octanol–water partition coefficient (Wildman–Crippen LogP) is 2.92. The summed E-state index contributed by atoms with van der Waals surface area (Å²) in [5.41, 5.74) is 0. The average molecular weight is 279 g/mol. The molecule has 1 unspecified atom stereocenters. The molecule has 1 fully saturated rings. The van der Waals surface area contributed by atoms with Crippen molar-refractivity contribution in [2.45, 2.75) is 71.4 Å². The van der Waals surface area contributed by atoms with Crippen LogP contribution in [0.2, 0.25) is 0 Å². The molecule has 0 N–H and O–H groups in total. The third-order valence-corrected chi connectivity index (χ3v) is 3.84. The van der Waals surface area contributed by atoms with Crippen LogP contribution in [0.5, 0.6) is 0 Å². The molecule has 5 heteroatoms. The molecule has 1 saturated heterocycles. The molecule has 1 aromatic rings. The van der Waals surface area contributed by atoms with Gasteiger partial charge in [-0.25, -0.2) is 0 Å². The van der Waals surface area contributed by atoms with Crippen molar-refractivity contribution in [3.05, 3.63) is 11.7 Å². The van der Waals surface area contributed by atoms with E-state index in [9.17, 15) is 4.79 Å². The fourth-order valence-corrected chi connectivity index (χ4v) is 2.76. The van der Waals surface area contributed by atoms with Crippen LogP contribution in [-0.4, -0.2) is 33.4 Å².